The van der Waals surface area contributed by atoms with E-state index < -0.39 is 10.8 Å². The number of anilines is 3. The number of carbonyl (C=O) groups is 1. The lowest BCUT2D eigenvalue weighted by molar-refractivity contribution is -0.384. The van der Waals surface area contributed by atoms with Crippen molar-refractivity contribution in [2.75, 3.05) is 41.3 Å². The zero-order chi connectivity index (χ0) is 28.4. The molecule has 0 saturated carbocycles. The molecule has 10 nitrogen and oxygen atoms in total. The van der Waals surface area contributed by atoms with Crippen LogP contribution < -0.4 is 15.1 Å². The highest BCUT2D eigenvalue weighted by molar-refractivity contribution is 6.06. The van der Waals surface area contributed by atoms with Crippen molar-refractivity contribution in [3.63, 3.8) is 0 Å². The third-order valence-corrected chi connectivity index (χ3v) is 7.63. The Bertz CT molecular complexity index is 1570. The number of nitrogens with one attached hydrogen (secondary N) is 1. The number of nitrogens with zero attached hydrogens (tertiary/aromatic N) is 6. The van der Waals surface area contributed by atoms with Crippen LogP contribution in [0.4, 0.5) is 22.7 Å². The number of carbonyl (C=O) groups excluding carboxylic acids is 1. The van der Waals surface area contributed by atoms with Crippen LogP contribution in [0.2, 0.25) is 0 Å². The number of fused-ring (bicyclic) bond motifs is 1. The average Bonchev–Trinajstić information content (AvgIpc) is 3.36. The van der Waals surface area contributed by atoms with Crippen LogP contribution >= 0.6 is 0 Å². The van der Waals surface area contributed by atoms with E-state index in [9.17, 15) is 14.9 Å². The fourth-order valence-corrected chi connectivity index (χ4v) is 5.37. The van der Waals surface area contributed by atoms with Gasteiger partial charge in [-0.1, -0.05) is 0 Å². The second kappa shape index (κ2) is 11.3. The molecule has 4 aromatic rings. The van der Waals surface area contributed by atoms with Crippen LogP contribution in [-0.4, -0.2) is 52.0 Å². The Morgan fingerprint density at radius 3 is 2.25 bits per heavy atom. The quantitative estimate of drug-likeness (QED) is 0.214. The standard InChI is InChI=1S/C30H35N7O3/c1-5-34(6-2)23-11-13-27(21(4)16-23)36-32-25-17-20(3)24(19-26(25)33-36)31-30(38)22-10-12-28(29(18-22)37(39)40)35-14-8-7-9-15-35/h10-13,16-19H,5-9,14-15H2,1-4H3,(H,31,38). The Labute approximate surface area is 233 Å². The van der Waals surface area contributed by atoms with E-state index in [0.717, 1.165) is 67.9 Å². The van der Waals surface area contributed by atoms with Crippen LogP contribution in [0.3, 0.4) is 0 Å². The molecule has 1 fully saturated rings. The van der Waals surface area contributed by atoms with Gasteiger partial charge < -0.3 is 15.1 Å². The summed E-state index contributed by atoms with van der Waals surface area (Å²) in [6, 6.07) is 14.6. The Hall–Kier alpha value is -4.47. The van der Waals surface area contributed by atoms with E-state index in [-0.39, 0.29) is 11.3 Å². The number of rotatable bonds is 8. The first-order valence-corrected chi connectivity index (χ1v) is 13.9. The van der Waals surface area contributed by atoms with E-state index in [1.165, 1.54) is 6.07 Å². The molecule has 1 aromatic heterocycles. The van der Waals surface area contributed by atoms with Crippen molar-refractivity contribution in [2.24, 2.45) is 0 Å². The largest absolute Gasteiger partial charge is 0.372 e. The third kappa shape index (κ3) is 5.34. The minimum absolute atomic E-state index is 0.0490. The summed E-state index contributed by atoms with van der Waals surface area (Å²) < 4.78 is 0. The minimum atomic E-state index is -0.411. The van der Waals surface area contributed by atoms with Gasteiger partial charge in [0.15, 0.2) is 0 Å². The van der Waals surface area contributed by atoms with Gasteiger partial charge in [-0.3, -0.25) is 14.9 Å². The third-order valence-electron chi connectivity index (χ3n) is 7.63. The van der Waals surface area contributed by atoms with Gasteiger partial charge in [0.25, 0.3) is 11.6 Å². The fraction of sp³-hybridized carbons (Fsp3) is 0.367. The number of nitro groups is 1. The number of piperidine rings is 1. The normalized spacial score (nSPS) is 13.4. The topological polar surface area (TPSA) is 109 Å². The van der Waals surface area contributed by atoms with Crippen molar-refractivity contribution in [2.45, 2.75) is 47.0 Å². The van der Waals surface area contributed by atoms with Gasteiger partial charge >= 0.3 is 0 Å². The van der Waals surface area contributed by atoms with Gasteiger partial charge in [0.2, 0.25) is 0 Å². The number of aromatic nitrogens is 3. The van der Waals surface area contributed by atoms with Crippen LogP contribution in [0, 0.1) is 24.0 Å². The highest BCUT2D eigenvalue weighted by Crippen LogP contribution is 2.32. The number of amides is 1. The van der Waals surface area contributed by atoms with Crippen molar-refractivity contribution in [1.82, 2.24) is 15.0 Å². The van der Waals surface area contributed by atoms with Crippen LogP contribution in [0.1, 0.15) is 54.6 Å². The van der Waals surface area contributed by atoms with E-state index in [1.54, 1.807) is 23.0 Å². The van der Waals surface area contributed by atoms with Crippen LogP contribution in [0.25, 0.3) is 16.7 Å². The Morgan fingerprint density at radius 1 is 0.925 bits per heavy atom. The molecule has 10 heteroatoms. The molecule has 2 heterocycles. The Morgan fingerprint density at radius 2 is 1.60 bits per heavy atom. The first-order chi connectivity index (χ1) is 19.3. The predicted molar refractivity (Wildman–Crippen MR) is 159 cm³/mol. The lowest BCUT2D eigenvalue weighted by Crippen LogP contribution is -2.30. The van der Waals surface area contributed by atoms with Crippen molar-refractivity contribution in [3.8, 4) is 5.69 Å². The molecular weight excluding hydrogens is 506 g/mol. The summed E-state index contributed by atoms with van der Waals surface area (Å²) in [5.74, 6) is -0.411. The molecule has 1 N–H and O–H groups in total. The van der Waals surface area contributed by atoms with Crippen LogP contribution in [-0.2, 0) is 0 Å². The van der Waals surface area contributed by atoms with Crippen molar-refractivity contribution >= 4 is 39.7 Å². The second-order valence-electron chi connectivity index (χ2n) is 10.3. The molecule has 5 rings (SSSR count). The number of hydrogen-bond acceptors (Lipinski definition) is 7. The van der Waals surface area contributed by atoms with Crippen LogP contribution in [0.5, 0.6) is 0 Å². The maximum absolute atomic E-state index is 13.2. The predicted octanol–water partition coefficient (Wildman–Crippen LogP) is 6.03. The molecule has 40 heavy (non-hydrogen) atoms. The van der Waals surface area contributed by atoms with E-state index in [2.05, 4.69) is 46.4 Å². The molecule has 0 unspecified atom stereocenters. The summed E-state index contributed by atoms with van der Waals surface area (Å²) in [7, 11) is 0. The molecular formula is C30H35N7O3. The van der Waals surface area contributed by atoms with E-state index in [0.29, 0.717) is 22.4 Å². The zero-order valence-corrected chi connectivity index (χ0v) is 23.5. The molecule has 1 aliphatic rings. The van der Waals surface area contributed by atoms with Crippen molar-refractivity contribution in [3.05, 3.63) is 75.3 Å². The lowest BCUT2D eigenvalue weighted by atomic mass is 10.1. The van der Waals surface area contributed by atoms with Gasteiger partial charge in [-0.25, -0.2) is 0 Å². The summed E-state index contributed by atoms with van der Waals surface area (Å²) in [5, 5.41) is 24.1. The molecule has 0 bridgehead atoms. The molecule has 0 spiro atoms. The summed E-state index contributed by atoms with van der Waals surface area (Å²) in [4.78, 5) is 30.6. The van der Waals surface area contributed by atoms with Crippen LogP contribution in [0.15, 0.2) is 48.5 Å². The highest BCUT2D eigenvalue weighted by Gasteiger charge is 2.23. The maximum atomic E-state index is 13.2. The first-order valence-electron chi connectivity index (χ1n) is 13.9. The number of benzene rings is 3. The second-order valence-corrected chi connectivity index (χ2v) is 10.3. The van der Waals surface area contributed by atoms with E-state index >= 15 is 0 Å². The lowest BCUT2D eigenvalue weighted by Gasteiger charge is -2.28. The van der Waals surface area contributed by atoms with Gasteiger partial charge in [0, 0.05) is 49.2 Å². The highest BCUT2D eigenvalue weighted by atomic mass is 16.6. The molecule has 0 aliphatic carbocycles. The maximum Gasteiger partial charge on any atom is 0.293 e. The summed E-state index contributed by atoms with van der Waals surface area (Å²) in [5.41, 5.74) is 6.61. The molecule has 0 atom stereocenters. The molecule has 3 aromatic carbocycles. The molecule has 1 aliphatic heterocycles. The smallest absolute Gasteiger partial charge is 0.293 e. The summed E-state index contributed by atoms with van der Waals surface area (Å²) >= 11 is 0. The molecule has 1 amide bonds. The fourth-order valence-electron chi connectivity index (χ4n) is 5.37. The van der Waals surface area contributed by atoms with Crippen molar-refractivity contribution in [1.29, 1.82) is 0 Å². The summed E-state index contributed by atoms with van der Waals surface area (Å²) in [6.07, 6.45) is 3.14. The average molecular weight is 542 g/mol. The number of aryl methyl sites for hydroxylation is 2. The Kier molecular flexibility index (Phi) is 7.68. The van der Waals surface area contributed by atoms with Gasteiger partial charge in [0.1, 0.15) is 16.7 Å². The zero-order valence-electron chi connectivity index (χ0n) is 23.5. The van der Waals surface area contributed by atoms with Crippen molar-refractivity contribution < 1.29 is 9.72 Å². The first kappa shape index (κ1) is 27.1. The van der Waals surface area contributed by atoms with Gasteiger partial charge in [-0.2, -0.15) is 4.80 Å². The Balaban J connectivity index is 1.40. The minimum Gasteiger partial charge on any atom is -0.372 e. The SMILES string of the molecule is CCN(CC)c1ccc(-n2nc3cc(C)c(NC(=O)c4ccc(N5CCCCC5)c([N+](=O)[O-])c4)cc3n2)c(C)c1. The number of nitro benzene ring substituents is 1. The summed E-state index contributed by atoms with van der Waals surface area (Å²) in [6.45, 7) is 11.6. The van der Waals surface area contributed by atoms with Gasteiger partial charge in [-0.05, 0) is 101 Å². The molecule has 1 saturated heterocycles. The number of hydrogen-bond donors (Lipinski definition) is 1. The monoisotopic (exact) mass is 541 g/mol. The van der Waals surface area contributed by atoms with E-state index in [4.69, 9.17) is 0 Å². The van der Waals surface area contributed by atoms with E-state index in [1.807, 2.05) is 30.9 Å². The van der Waals surface area contributed by atoms with Gasteiger partial charge in [0.05, 0.1) is 10.6 Å². The van der Waals surface area contributed by atoms with Gasteiger partial charge in [-0.15, -0.1) is 10.2 Å². The molecule has 208 valence electrons. The molecule has 0 radical (unpaired) electrons.